The number of anilines is 1. The molecular formula is C55H66N4O13. The molecule has 72 heavy (non-hydrogen) atoms. The number of rotatable bonds is 25. The summed E-state index contributed by atoms with van der Waals surface area (Å²) in [4.78, 5) is 47.8. The Morgan fingerprint density at radius 1 is 0.917 bits per heavy atom. The molecule has 384 valence electrons. The van der Waals surface area contributed by atoms with E-state index in [2.05, 4.69) is 18.0 Å². The zero-order chi connectivity index (χ0) is 51.2. The lowest BCUT2D eigenvalue weighted by atomic mass is 9.55. The lowest BCUT2D eigenvalue weighted by Crippen LogP contribution is -2.70. The fourth-order valence-electron chi connectivity index (χ4n) is 10.5. The molecule has 6 unspecified atom stereocenters. The number of carbonyl (C=O) groups is 2. The van der Waals surface area contributed by atoms with E-state index in [0.29, 0.717) is 78.6 Å². The maximum atomic E-state index is 15.1. The van der Waals surface area contributed by atoms with Crippen LogP contribution in [0.15, 0.2) is 114 Å². The van der Waals surface area contributed by atoms with Gasteiger partial charge < -0.3 is 48.4 Å². The van der Waals surface area contributed by atoms with Gasteiger partial charge in [-0.25, -0.2) is 4.79 Å². The summed E-state index contributed by atoms with van der Waals surface area (Å²) in [6.07, 6.45) is 7.99. The van der Waals surface area contributed by atoms with Crippen molar-refractivity contribution in [3.8, 4) is 28.7 Å². The summed E-state index contributed by atoms with van der Waals surface area (Å²) in [5.74, 6) is -0.597. The summed E-state index contributed by atoms with van der Waals surface area (Å²) >= 11 is 0. The van der Waals surface area contributed by atoms with Gasteiger partial charge >= 0.3 is 6.09 Å². The number of methoxy groups -OCH3 is 3. The van der Waals surface area contributed by atoms with E-state index in [0.717, 1.165) is 29.5 Å². The van der Waals surface area contributed by atoms with E-state index < -0.39 is 34.7 Å². The second-order valence-electron chi connectivity index (χ2n) is 18.2. The normalized spacial score (nSPS) is 21.2. The van der Waals surface area contributed by atoms with Crippen LogP contribution in [0.4, 0.5) is 16.2 Å². The van der Waals surface area contributed by atoms with E-state index in [1.807, 2.05) is 42.2 Å². The topological polar surface area (TPSA) is 210 Å². The Labute approximate surface area is 420 Å². The minimum absolute atomic E-state index is 0.00724. The Balaban J connectivity index is 1.39. The van der Waals surface area contributed by atoms with Crippen LogP contribution in [-0.2, 0) is 27.4 Å². The fraction of sp³-hybridized carbons (Fsp3) is 0.436. The number of aliphatic hydroxyl groups excluding tert-OH is 2. The van der Waals surface area contributed by atoms with Crippen LogP contribution >= 0.6 is 0 Å². The van der Waals surface area contributed by atoms with Crippen molar-refractivity contribution < 1.29 is 58.0 Å². The van der Waals surface area contributed by atoms with Gasteiger partial charge in [-0.05, 0) is 115 Å². The molecule has 0 spiro atoms. The molecule has 7 rings (SSSR count). The third kappa shape index (κ3) is 12.0. The highest BCUT2D eigenvalue weighted by molar-refractivity contribution is 6.03. The first-order valence-electron chi connectivity index (χ1n) is 24.6. The lowest BCUT2D eigenvalue weighted by molar-refractivity contribution is -0.384. The largest absolute Gasteiger partial charge is 0.497 e. The molecule has 0 radical (unpaired) electrons. The predicted octanol–water partition coefficient (Wildman–Crippen LogP) is 9.55. The van der Waals surface area contributed by atoms with Crippen molar-refractivity contribution in [2.75, 3.05) is 53.0 Å². The van der Waals surface area contributed by atoms with Crippen molar-refractivity contribution in [1.29, 1.82) is 0 Å². The molecule has 0 saturated heterocycles. The molecule has 2 amide bonds. The average Bonchev–Trinajstić information content (AvgIpc) is 3.38. The van der Waals surface area contributed by atoms with Gasteiger partial charge in [-0.2, -0.15) is 0 Å². The zero-order valence-corrected chi connectivity index (χ0v) is 41.5. The molecule has 0 aromatic heterocycles. The number of fused-ring (bicyclic) bond motifs is 2. The van der Waals surface area contributed by atoms with Gasteiger partial charge in [0.05, 0.1) is 56.6 Å². The zero-order valence-electron chi connectivity index (χ0n) is 41.5. The highest BCUT2D eigenvalue weighted by atomic mass is 16.7. The molecule has 4 aromatic carbocycles. The quantitative estimate of drug-likeness (QED) is 0.0245. The van der Waals surface area contributed by atoms with Gasteiger partial charge in [0.1, 0.15) is 41.4 Å². The number of nitro groups is 1. The number of nitro benzene ring substituents is 1. The van der Waals surface area contributed by atoms with Crippen molar-refractivity contribution in [2.45, 2.75) is 89.1 Å². The summed E-state index contributed by atoms with van der Waals surface area (Å²) in [6.45, 7) is 6.52. The third-order valence-corrected chi connectivity index (χ3v) is 13.7. The highest BCUT2D eigenvalue weighted by Gasteiger charge is 2.65. The van der Waals surface area contributed by atoms with Gasteiger partial charge in [0.15, 0.2) is 0 Å². The Kier molecular flexibility index (Phi) is 18.3. The third-order valence-electron chi connectivity index (χ3n) is 13.7. The number of non-ortho nitro benzene ring substituents is 1. The van der Waals surface area contributed by atoms with Gasteiger partial charge in [0.25, 0.3) is 5.69 Å². The highest BCUT2D eigenvalue weighted by Crippen LogP contribution is 2.62. The first kappa shape index (κ1) is 52.9. The Morgan fingerprint density at radius 2 is 1.65 bits per heavy atom. The Morgan fingerprint density at radius 3 is 2.35 bits per heavy atom. The van der Waals surface area contributed by atoms with Crippen LogP contribution in [0.3, 0.4) is 0 Å². The molecule has 1 saturated carbocycles. The number of hydrogen-bond acceptors (Lipinski definition) is 14. The Bertz CT molecular complexity index is 2580. The first-order valence-corrected chi connectivity index (χ1v) is 24.6. The van der Waals surface area contributed by atoms with Crippen LogP contribution in [0.1, 0.15) is 80.9 Å². The minimum atomic E-state index is -1.52. The number of carbonyl (C=O) groups excluding carboxylic acids is 2. The van der Waals surface area contributed by atoms with Crippen LogP contribution in [0.5, 0.6) is 28.7 Å². The summed E-state index contributed by atoms with van der Waals surface area (Å²) in [5, 5.41) is 39.2. The number of nitrogens with zero attached hydrogens (tertiary/aromatic N) is 3. The van der Waals surface area contributed by atoms with E-state index in [9.17, 15) is 25.1 Å². The average molecular weight is 991 g/mol. The molecule has 1 aliphatic heterocycles. The molecule has 6 atom stereocenters. The number of allylic oxidation sites excluding steroid dienone is 1. The second kappa shape index (κ2) is 24.9. The van der Waals surface area contributed by atoms with Crippen LogP contribution in [0.2, 0.25) is 0 Å². The molecule has 17 heteroatoms. The van der Waals surface area contributed by atoms with Gasteiger partial charge in [0.2, 0.25) is 11.7 Å². The van der Waals surface area contributed by atoms with E-state index in [1.54, 1.807) is 55.7 Å². The number of unbranched alkanes of at least 4 members (excludes halogenated alkanes) is 2. The molecule has 2 aliphatic carbocycles. The molecule has 4 aromatic rings. The number of ether oxygens (including phenoxy) is 6. The number of amides is 2. The van der Waals surface area contributed by atoms with Gasteiger partial charge in [-0.3, -0.25) is 20.2 Å². The van der Waals surface area contributed by atoms with Crippen LogP contribution < -0.4 is 29.0 Å². The van der Waals surface area contributed by atoms with E-state index in [1.165, 1.54) is 26.4 Å². The van der Waals surface area contributed by atoms with Gasteiger partial charge in [0, 0.05) is 55.9 Å². The lowest BCUT2D eigenvalue weighted by Gasteiger charge is -2.60. The molecule has 1 fully saturated rings. The minimum Gasteiger partial charge on any atom is -0.497 e. The number of hydrogen-bond donors (Lipinski definition) is 3. The number of aliphatic hydroxyl groups is 2. The summed E-state index contributed by atoms with van der Waals surface area (Å²) in [6, 6.07) is 23.0. The van der Waals surface area contributed by atoms with Crippen molar-refractivity contribution in [3.63, 3.8) is 0 Å². The number of nitrogens with one attached hydrogen (secondary N) is 1. The molecule has 17 nitrogen and oxygen atoms in total. The smallest absolute Gasteiger partial charge is 0.417 e. The Hall–Kier alpha value is -6.95. The molecule has 3 N–H and O–H groups in total. The fourth-order valence-corrected chi connectivity index (χ4v) is 10.5. The maximum Gasteiger partial charge on any atom is 0.417 e. The first-order chi connectivity index (χ1) is 35.0. The standard InChI is InChI=1S/C55H66N4O13/c1-6-25-58(51(62)30-37-13-12-15-40(29-37)66-3)50-34-47(57-70-35-36-17-19-39(20-18-36)59(64)65)44-31-38(14-8-10-26-60)43(16-9-11-27-61)52-45-32-42(22-24-48(45)72-55(50,53(44)52)69-28-7-2)71-54(63)56-46-23-21-41(67-4)33-49(46)68-5/h7,12-13,15,17-24,29,31-33,38,43,50,52-53,60-61H,2,6,8-11,14,16,25-28,30,34-35H2,1,3-5H3,(H,56,63). The van der Waals surface area contributed by atoms with Gasteiger partial charge in [-0.1, -0.05) is 49.2 Å². The monoisotopic (exact) mass is 990 g/mol. The number of oxime groups is 1. The van der Waals surface area contributed by atoms with Crippen molar-refractivity contribution >= 4 is 29.1 Å². The van der Waals surface area contributed by atoms with E-state index >= 15 is 4.79 Å². The summed E-state index contributed by atoms with van der Waals surface area (Å²) < 4.78 is 36.9. The molecule has 3 aliphatic rings. The molecule has 0 bridgehead atoms. The summed E-state index contributed by atoms with van der Waals surface area (Å²) in [7, 11) is 4.61. The van der Waals surface area contributed by atoms with Gasteiger partial charge in [-0.15, -0.1) is 6.58 Å². The summed E-state index contributed by atoms with van der Waals surface area (Å²) in [5.41, 5.74) is 3.91. The molecular weight excluding hydrogens is 925 g/mol. The molecule has 1 heterocycles. The van der Waals surface area contributed by atoms with Crippen LogP contribution in [-0.4, -0.2) is 97.3 Å². The predicted molar refractivity (Wildman–Crippen MR) is 271 cm³/mol. The van der Waals surface area contributed by atoms with E-state index in [4.69, 9.17) is 38.4 Å². The van der Waals surface area contributed by atoms with Crippen LogP contribution in [0.25, 0.3) is 0 Å². The van der Waals surface area contributed by atoms with Crippen molar-refractivity contribution in [2.24, 2.45) is 22.9 Å². The second-order valence-corrected chi connectivity index (χ2v) is 18.2. The van der Waals surface area contributed by atoms with E-state index in [-0.39, 0.29) is 68.4 Å². The van der Waals surface area contributed by atoms with Crippen molar-refractivity contribution in [3.05, 3.63) is 136 Å². The van der Waals surface area contributed by atoms with Crippen LogP contribution in [0, 0.1) is 27.9 Å². The maximum absolute atomic E-state index is 15.1. The number of benzene rings is 4. The SMILES string of the molecule is C=CCOC12Oc3ccc(OC(=O)Nc4ccc(OC)cc4OC)cc3C3C(CCCCO)C(CCCCO)C=C(C(=NOCc4ccc([N+](=O)[O-])cc4)CC1N(CCC)C(=O)Cc1cccc(OC)c1)C32. The van der Waals surface area contributed by atoms with Crippen molar-refractivity contribution in [1.82, 2.24) is 4.90 Å².